The maximum absolute atomic E-state index is 12.8. The van der Waals surface area contributed by atoms with Crippen LogP contribution in [-0.2, 0) is 29.7 Å². The molecule has 6 nitrogen and oxygen atoms in total. The fourth-order valence-corrected chi connectivity index (χ4v) is 3.76. The summed E-state index contributed by atoms with van der Waals surface area (Å²) in [5, 5.41) is 5.23. The molecular formula is C19H21F3N4O2S. The molecule has 0 unspecified atom stereocenters. The summed E-state index contributed by atoms with van der Waals surface area (Å²) in [5.41, 5.74) is 2.03. The van der Waals surface area contributed by atoms with Crippen molar-refractivity contribution in [1.29, 1.82) is 0 Å². The van der Waals surface area contributed by atoms with Crippen molar-refractivity contribution in [3.63, 3.8) is 0 Å². The van der Waals surface area contributed by atoms with Crippen molar-refractivity contribution in [3.8, 4) is 0 Å². The zero-order chi connectivity index (χ0) is 21.4. The van der Waals surface area contributed by atoms with Crippen molar-refractivity contribution in [1.82, 2.24) is 14.5 Å². The molecule has 0 amide bonds. The van der Waals surface area contributed by atoms with Crippen LogP contribution in [0.2, 0.25) is 0 Å². The van der Waals surface area contributed by atoms with Crippen LogP contribution in [0.3, 0.4) is 0 Å². The number of sulfonamides is 1. The maximum Gasteiger partial charge on any atom is 0.416 e. The smallest absolute Gasteiger partial charge is 0.345 e. The average Bonchev–Trinajstić information content (AvgIpc) is 3.05. The number of aryl methyl sites for hydroxylation is 2. The molecule has 0 bridgehead atoms. The molecule has 0 spiro atoms. The molecule has 0 saturated heterocycles. The second kappa shape index (κ2) is 7.68. The number of anilines is 2. The Hall–Kier alpha value is -2.59. The summed E-state index contributed by atoms with van der Waals surface area (Å²) < 4.78 is 66.0. The number of fused-ring (bicyclic) bond motifs is 1. The molecule has 0 aliphatic rings. The molecular weight excluding hydrogens is 405 g/mol. The average molecular weight is 426 g/mol. The Bertz CT molecular complexity index is 1120. The highest BCUT2D eigenvalue weighted by molar-refractivity contribution is 7.89. The molecule has 0 saturated carbocycles. The normalized spacial score (nSPS) is 12.5. The van der Waals surface area contributed by atoms with Crippen molar-refractivity contribution in [2.75, 3.05) is 24.7 Å². The number of rotatable bonds is 6. The van der Waals surface area contributed by atoms with Crippen molar-refractivity contribution in [2.24, 2.45) is 7.05 Å². The molecule has 156 valence electrons. The number of alkyl halides is 3. The van der Waals surface area contributed by atoms with Crippen molar-refractivity contribution < 1.29 is 21.6 Å². The van der Waals surface area contributed by atoms with Gasteiger partial charge in [-0.15, -0.1) is 0 Å². The summed E-state index contributed by atoms with van der Waals surface area (Å²) in [7, 11) is 1.49. The first kappa shape index (κ1) is 21.1. The molecule has 0 aliphatic carbocycles. The Morgan fingerprint density at radius 1 is 1.14 bits per heavy atom. The van der Waals surface area contributed by atoms with E-state index in [0.29, 0.717) is 11.2 Å². The highest BCUT2D eigenvalue weighted by Crippen LogP contribution is 2.33. The van der Waals surface area contributed by atoms with Crippen LogP contribution in [-0.4, -0.2) is 38.0 Å². The maximum atomic E-state index is 12.8. The molecule has 2 aromatic carbocycles. The van der Waals surface area contributed by atoms with Gasteiger partial charge in [-0.1, -0.05) is 0 Å². The zero-order valence-corrected chi connectivity index (χ0v) is 17.0. The minimum Gasteiger partial charge on any atom is -0.345 e. The minimum absolute atomic E-state index is 0.0946. The quantitative estimate of drug-likeness (QED) is 0.656. The molecule has 3 aromatic rings. The fraction of sp³-hybridized carbons (Fsp3) is 0.316. The summed E-state index contributed by atoms with van der Waals surface area (Å²) in [6.07, 6.45) is -2.32. The third-order valence-corrected chi connectivity index (χ3v) is 6.07. The van der Waals surface area contributed by atoms with Gasteiger partial charge in [-0.3, -0.25) is 4.68 Å². The van der Waals surface area contributed by atoms with Gasteiger partial charge in [-0.05, 0) is 55.4 Å². The molecule has 3 rings (SSSR count). The third-order valence-electron chi connectivity index (χ3n) is 4.71. The first-order valence-electron chi connectivity index (χ1n) is 8.78. The lowest BCUT2D eigenvalue weighted by Crippen LogP contribution is -2.23. The van der Waals surface area contributed by atoms with E-state index in [-0.39, 0.29) is 12.2 Å². The van der Waals surface area contributed by atoms with Crippen LogP contribution < -0.4 is 9.62 Å². The van der Waals surface area contributed by atoms with Gasteiger partial charge in [0.1, 0.15) is 0 Å². The van der Waals surface area contributed by atoms with E-state index < -0.39 is 21.8 Å². The number of hydrogen-bond donors (Lipinski definition) is 1. The van der Waals surface area contributed by atoms with Gasteiger partial charge >= 0.3 is 6.18 Å². The van der Waals surface area contributed by atoms with E-state index in [2.05, 4.69) is 9.82 Å². The second-order valence-electron chi connectivity index (χ2n) is 6.72. The standard InChI is InChI=1S/C19H21F3N4O2S/c1-23-29(27,28)9-8-13-10-17(11-14-12-25(2)24-18(13)14)26(3)16-6-4-15(5-7-16)19(20,21)22/h4-7,10-12,23H,8-9H2,1-3H3. The Kier molecular flexibility index (Phi) is 5.59. The van der Waals surface area contributed by atoms with Crippen LogP contribution in [0.4, 0.5) is 24.5 Å². The molecule has 1 aromatic heterocycles. The van der Waals surface area contributed by atoms with E-state index in [0.717, 1.165) is 28.8 Å². The Labute approximate surface area is 167 Å². The molecule has 0 fully saturated rings. The Morgan fingerprint density at radius 2 is 1.79 bits per heavy atom. The predicted molar refractivity (Wildman–Crippen MR) is 107 cm³/mol. The SMILES string of the molecule is CNS(=O)(=O)CCc1cc(N(C)c2ccc(C(F)(F)F)cc2)cc2cn(C)nc12. The summed E-state index contributed by atoms with van der Waals surface area (Å²) in [5.74, 6) is -0.0946. The molecule has 0 radical (unpaired) electrons. The second-order valence-corrected chi connectivity index (χ2v) is 8.77. The van der Waals surface area contributed by atoms with Crippen LogP contribution >= 0.6 is 0 Å². The van der Waals surface area contributed by atoms with Gasteiger partial charge < -0.3 is 4.90 Å². The van der Waals surface area contributed by atoms with E-state index in [1.54, 1.807) is 23.7 Å². The zero-order valence-electron chi connectivity index (χ0n) is 16.2. The van der Waals surface area contributed by atoms with Crippen molar-refractivity contribution >= 4 is 32.3 Å². The first-order chi connectivity index (χ1) is 13.5. The van der Waals surface area contributed by atoms with Crippen molar-refractivity contribution in [3.05, 3.63) is 53.7 Å². The number of nitrogens with one attached hydrogen (secondary N) is 1. The Balaban J connectivity index is 1.98. The number of nitrogens with zero attached hydrogens (tertiary/aromatic N) is 3. The van der Waals surface area contributed by atoms with E-state index in [9.17, 15) is 21.6 Å². The van der Waals surface area contributed by atoms with Gasteiger partial charge in [0.15, 0.2) is 0 Å². The number of benzene rings is 2. The highest BCUT2D eigenvalue weighted by Gasteiger charge is 2.30. The summed E-state index contributed by atoms with van der Waals surface area (Å²) in [4.78, 5) is 1.75. The van der Waals surface area contributed by atoms with Crippen LogP contribution in [0.5, 0.6) is 0 Å². The predicted octanol–water partition coefficient (Wildman–Crippen LogP) is 3.45. The Morgan fingerprint density at radius 3 is 2.38 bits per heavy atom. The van der Waals surface area contributed by atoms with Crippen molar-refractivity contribution in [2.45, 2.75) is 12.6 Å². The number of aromatic nitrogens is 2. The van der Waals surface area contributed by atoms with Gasteiger partial charge in [0, 0.05) is 37.1 Å². The monoisotopic (exact) mass is 426 g/mol. The molecule has 0 aliphatic heterocycles. The van der Waals surface area contributed by atoms with E-state index >= 15 is 0 Å². The van der Waals surface area contributed by atoms with E-state index in [1.807, 2.05) is 18.3 Å². The fourth-order valence-electron chi connectivity index (χ4n) is 3.06. The van der Waals surface area contributed by atoms with E-state index in [1.165, 1.54) is 19.2 Å². The number of halogens is 3. The lowest BCUT2D eigenvalue weighted by molar-refractivity contribution is -0.137. The summed E-state index contributed by atoms with van der Waals surface area (Å²) >= 11 is 0. The largest absolute Gasteiger partial charge is 0.416 e. The van der Waals surface area contributed by atoms with Gasteiger partial charge in [0.05, 0.1) is 16.8 Å². The van der Waals surface area contributed by atoms with Crippen LogP contribution in [0, 0.1) is 0 Å². The summed E-state index contributed by atoms with van der Waals surface area (Å²) in [6, 6.07) is 8.57. The van der Waals surface area contributed by atoms with Gasteiger partial charge in [-0.25, -0.2) is 13.1 Å². The molecule has 1 heterocycles. The topological polar surface area (TPSA) is 67.2 Å². The molecule has 0 atom stereocenters. The van der Waals surface area contributed by atoms with Crippen LogP contribution in [0.15, 0.2) is 42.6 Å². The van der Waals surface area contributed by atoms with E-state index in [4.69, 9.17) is 0 Å². The third kappa shape index (κ3) is 4.70. The van der Waals surface area contributed by atoms with Crippen LogP contribution in [0.25, 0.3) is 10.9 Å². The lowest BCUT2D eigenvalue weighted by Gasteiger charge is -2.21. The minimum atomic E-state index is -4.39. The molecule has 10 heteroatoms. The van der Waals surface area contributed by atoms with Gasteiger partial charge in [-0.2, -0.15) is 18.3 Å². The first-order valence-corrected chi connectivity index (χ1v) is 10.4. The van der Waals surface area contributed by atoms with Gasteiger partial charge in [0.25, 0.3) is 0 Å². The summed E-state index contributed by atoms with van der Waals surface area (Å²) in [6.45, 7) is 0. The highest BCUT2D eigenvalue weighted by atomic mass is 32.2. The van der Waals surface area contributed by atoms with Gasteiger partial charge in [0.2, 0.25) is 10.0 Å². The lowest BCUT2D eigenvalue weighted by atomic mass is 10.1. The van der Waals surface area contributed by atoms with Crippen LogP contribution in [0.1, 0.15) is 11.1 Å². The molecule has 29 heavy (non-hydrogen) atoms. The number of hydrogen-bond acceptors (Lipinski definition) is 4. The molecule has 1 N–H and O–H groups in total.